The van der Waals surface area contributed by atoms with Gasteiger partial charge < -0.3 is 9.55 Å². The molecular formula is C21H18F3N5O. The number of pyridine rings is 1. The van der Waals surface area contributed by atoms with E-state index in [0.29, 0.717) is 31.0 Å². The number of nitrogens with one attached hydrogen (secondary N) is 1. The number of benzene rings is 1. The summed E-state index contributed by atoms with van der Waals surface area (Å²) in [4.78, 5) is 14.4. The first-order valence-electron chi connectivity index (χ1n) is 9.35. The van der Waals surface area contributed by atoms with Gasteiger partial charge in [-0.3, -0.25) is 4.79 Å². The predicted octanol–water partition coefficient (Wildman–Crippen LogP) is 3.60. The Labute approximate surface area is 170 Å². The Morgan fingerprint density at radius 2 is 2.10 bits per heavy atom. The van der Waals surface area contributed by atoms with Crippen molar-refractivity contribution in [2.75, 3.05) is 0 Å². The number of aromatic amines is 1. The lowest BCUT2D eigenvalue weighted by molar-refractivity contribution is -0.137. The maximum absolute atomic E-state index is 13.1. The van der Waals surface area contributed by atoms with Crippen LogP contribution in [0.25, 0.3) is 11.1 Å². The van der Waals surface area contributed by atoms with E-state index in [2.05, 4.69) is 21.3 Å². The number of H-pyrrole nitrogens is 1. The van der Waals surface area contributed by atoms with E-state index >= 15 is 0 Å². The third-order valence-corrected chi connectivity index (χ3v) is 5.78. The largest absolute Gasteiger partial charge is 0.417 e. The van der Waals surface area contributed by atoms with Crippen LogP contribution in [0.3, 0.4) is 0 Å². The number of alkyl halides is 3. The monoisotopic (exact) mass is 413 g/mol. The van der Waals surface area contributed by atoms with Gasteiger partial charge >= 0.3 is 6.18 Å². The maximum Gasteiger partial charge on any atom is 0.417 e. The molecule has 1 aromatic carbocycles. The molecule has 1 saturated carbocycles. The fourth-order valence-corrected chi connectivity index (χ4v) is 4.11. The van der Waals surface area contributed by atoms with Gasteiger partial charge in [-0.25, -0.2) is 0 Å². The second kappa shape index (κ2) is 7.13. The van der Waals surface area contributed by atoms with E-state index in [-0.39, 0.29) is 16.9 Å². The van der Waals surface area contributed by atoms with Crippen LogP contribution in [0.15, 0.2) is 47.7 Å². The Morgan fingerprint density at radius 3 is 2.73 bits per heavy atom. The summed E-state index contributed by atoms with van der Waals surface area (Å²) in [7, 11) is 1.84. The number of aromatic nitrogens is 4. The summed E-state index contributed by atoms with van der Waals surface area (Å²) in [6, 6.07) is 10.1. The maximum atomic E-state index is 13.1. The smallest absolute Gasteiger partial charge is 0.328 e. The molecule has 2 heterocycles. The molecule has 0 radical (unpaired) electrons. The first-order valence-corrected chi connectivity index (χ1v) is 9.35. The van der Waals surface area contributed by atoms with Crippen molar-refractivity contribution in [2.45, 2.75) is 30.9 Å². The van der Waals surface area contributed by atoms with Crippen molar-refractivity contribution in [1.29, 1.82) is 5.26 Å². The average molecular weight is 413 g/mol. The van der Waals surface area contributed by atoms with Crippen molar-refractivity contribution in [3.63, 3.8) is 0 Å². The molecule has 0 unspecified atom stereocenters. The summed E-state index contributed by atoms with van der Waals surface area (Å²) in [6.45, 7) is 0. The third kappa shape index (κ3) is 3.49. The summed E-state index contributed by atoms with van der Waals surface area (Å²) in [5.41, 5.74) is -0.665. The minimum absolute atomic E-state index is 0.0448. The predicted molar refractivity (Wildman–Crippen MR) is 102 cm³/mol. The molecular weight excluding hydrogens is 395 g/mol. The molecule has 3 aromatic rings. The van der Waals surface area contributed by atoms with Gasteiger partial charge in [0.2, 0.25) is 0 Å². The summed E-state index contributed by atoms with van der Waals surface area (Å²) < 4.78 is 41.1. The van der Waals surface area contributed by atoms with Gasteiger partial charge in [0.05, 0.1) is 11.6 Å². The molecule has 0 saturated heterocycles. The van der Waals surface area contributed by atoms with Crippen LogP contribution in [0, 0.1) is 17.2 Å². The number of nitriles is 1. The van der Waals surface area contributed by atoms with Gasteiger partial charge in [-0.15, -0.1) is 10.2 Å². The lowest BCUT2D eigenvalue weighted by Crippen LogP contribution is -2.43. The summed E-state index contributed by atoms with van der Waals surface area (Å²) in [5.74, 6) is 0.660. The van der Waals surface area contributed by atoms with E-state index in [9.17, 15) is 23.2 Å². The number of aryl methyl sites for hydroxylation is 1. The highest BCUT2D eigenvalue weighted by atomic mass is 19.4. The zero-order chi connectivity index (χ0) is 21.5. The van der Waals surface area contributed by atoms with E-state index < -0.39 is 17.3 Å². The summed E-state index contributed by atoms with van der Waals surface area (Å²) in [5, 5.41) is 17.3. The molecule has 0 amide bonds. The molecule has 4 rings (SSSR count). The van der Waals surface area contributed by atoms with Crippen molar-refractivity contribution < 1.29 is 13.2 Å². The van der Waals surface area contributed by atoms with E-state index in [4.69, 9.17) is 0 Å². The zero-order valence-electron chi connectivity index (χ0n) is 16.1. The highest BCUT2D eigenvalue weighted by Crippen LogP contribution is 2.50. The van der Waals surface area contributed by atoms with Crippen LogP contribution in [0.4, 0.5) is 13.2 Å². The molecule has 2 aromatic heterocycles. The minimum atomic E-state index is -4.56. The Hall–Kier alpha value is -3.41. The molecule has 0 spiro atoms. The molecule has 154 valence electrons. The molecule has 9 heteroatoms. The lowest BCUT2D eigenvalue weighted by Gasteiger charge is -2.45. The number of nitrogens with zero attached hydrogens (tertiary/aromatic N) is 4. The lowest BCUT2D eigenvalue weighted by atomic mass is 9.57. The van der Waals surface area contributed by atoms with Crippen molar-refractivity contribution in [3.05, 3.63) is 70.2 Å². The van der Waals surface area contributed by atoms with Crippen LogP contribution < -0.4 is 5.56 Å². The van der Waals surface area contributed by atoms with Crippen LogP contribution in [0.2, 0.25) is 0 Å². The first-order chi connectivity index (χ1) is 14.2. The highest BCUT2D eigenvalue weighted by Gasteiger charge is 2.46. The quantitative estimate of drug-likeness (QED) is 0.708. The molecule has 6 nitrogen and oxygen atoms in total. The summed E-state index contributed by atoms with van der Waals surface area (Å²) in [6.07, 6.45) is -0.519. The van der Waals surface area contributed by atoms with Crippen LogP contribution >= 0.6 is 0 Å². The van der Waals surface area contributed by atoms with E-state index in [1.165, 1.54) is 0 Å². The topological polar surface area (TPSA) is 87.4 Å². The Kier molecular flexibility index (Phi) is 4.73. The molecule has 1 N–H and O–H groups in total. The standard InChI is InChI=1S/C21H18F3N5O/c1-29-12-27-28-18(29)9-20(7-13(8-20)10-25)15-4-2-3-14(5-15)17-6-16(21(22,23)24)11-26-19(17)30/h2-6,11-13H,7-9H2,1H3,(H,26,30). The zero-order valence-corrected chi connectivity index (χ0v) is 16.1. The molecule has 30 heavy (non-hydrogen) atoms. The van der Waals surface area contributed by atoms with E-state index in [1.54, 1.807) is 24.5 Å². The molecule has 0 bridgehead atoms. The second-order valence-corrected chi connectivity index (χ2v) is 7.76. The van der Waals surface area contributed by atoms with Gasteiger partial charge in [0.25, 0.3) is 5.56 Å². The third-order valence-electron chi connectivity index (χ3n) is 5.78. The van der Waals surface area contributed by atoms with Crippen LogP contribution in [-0.4, -0.2) is 19.7 Å². The van der Waals surface area contributed by atoms with Gasteiger partial charge in [0.1, 0.15) is 12.2 Å². The molecule has 1 aliphatic carbocycles. The summed E-state index contributed by atoms with van der Waals surface area (Å²) >= 11 is 0. The van der Waals surface area contributed by atoms with Crippen molar-refractivity contribution in [1.82, 2.24) is 19.7 Å². The van der Waals surface area contributed by atoms with Gasteiger partial charge in [0.15, 0.2) is 0 Å². The molecule has 0 aliphatic heterocycles. The van der Waals surface area contributed by atoms with E-state index in [1.807, 2.05) is 17.7 Å². The van der Waals surface area contributed by atoms with Crippen LogP contribution in [0.1, 0.15) is 29.8 Å². The number of hydrogen-bond donors (Lipinski definition) is 1. The molecule has 1 fully saturated rings. The molecule has 0 atom stereocenters. The fourth-order valence-electron chi connectivity index (χ4n) is 4.11. The van der Waals surface area contributed by atoms with Crippen molar-refractivity contribution in [3.8, 4) is 17.2 Å². The molecule has 1 aliphatic rings. The van der Waals surface area contributed by atoms with Crippen LogP contribution in [0.5, 0.6) is 0 Å². The number of rotatable bonds is 4. The minimum Gasteiger partial charge on any atom is -0.328 e. The SMILES string of the molecule is Cn1cnnc1CC1(c2cccc(-c3cc(C(F)(F)F)c[nH]c3=O)c2)CC(C#N)C1. The van der Waals surface area contributed by atoms with Gasteiger partial charge in [0, 0.05) is 36.6 Å². The van der Waals surface area contributed by atoms with Gasteiger partial charge in [-0.05, 0) is 30.0 Å². The van der Waals surface area contributed by atoms with Crippen molar-refractivity contribution >= 4 is 0 Å². The Balaban J connectivity index is 1.76. The van der Waals surface area contributed by atoms with Crippen LogP contribution in [-0.2, 0) is 25.1 Å². The number of hydrogen-bond acceptors (Lipinski definition) is 4. The normalized spacial score (nSPS) is 21.1. The number of halogens is 3. The van der Waals surface area contributed by atoms with Crippen molar-refractivity contribution in [2.24, 2.45) is 13.0 Å². The first kappa shape index (κ1) is 19.9. The Bertz CT molecular complexity index is 1180. The van der Waals surface area contributed by atoms with Gasteiger partial charge in [-0.2, -0.15) is 18.4 Å². The highest BCUT2D eigenvalue weighted by molar-refractivity contribution is 5.64. The fraction of sp³-hybridized carbons (Fsp3) is 0.333. The van der Waals surface area contributed by atoms with Gasteiger partial charge in [-0.1, -0.05) is 24.3 Å². The van der Waals surface area contributed by atoms with E-state index in [0.717, 1.165) is 17.5 Å². The Morgan fingerprint density at radius 1 is 1.33 bits per heavy atom. The average Bonchev–Trinajstić information content (AvgIpc) is 3.08. The second-order valence-electron chi connectivity index (χ2n) is 7.76.